The Bertz CT molecular complexity index is 509. The maximum absolute atomic E-state index is 12.3. The number of rotatable bonds is 2. The van der Waals surface area contributed by atoms with Crippen LogP contribution in [0.3, 0.4) is 0 Å². The van der Waals surface area contributed by atoms with E-state index in [0.29, 0.717) is 24.7 Å². The Labute approximate surface area is 112 Å². The first-order valence-electron chi connectivity index (χ1n) is 5.96. The molecule has 2 amide bonds. The minimum Gasteiger partial charge on any atom is -0.353 e. The number of nitrogens with one attached hydrogen (secondary N) is 2. The number of H-pyrrole nitrogens is 1. The van der Waals surface area contributed by atoms with E-state index in [1.807, 2.05) is 0 Å². The van der Waals surface area contributed by atoms with Gasteiger partial charge in [-0.05, 0) is 28.8 Å². The lowest BCUT2D eigenvalue weighted by Gasteiger charge is -2.25. The van der Waals surface area contributed by atoms with E-state index >= 15 is 0 Å². The van der Waals surface area contributed by atoms with E-state index in [4.69, 9.17) is 0 Å². The summed E-state index contributed by atoms with van der Waals surface area (Å²) in [6, 6.07) is 0. The molecule has 1 aromatic heterocycles. The van der Waals surface area contributed by atoms with Crippen molar-refractivity contribution < 1.29 is 9.59 Å². The molecule has 2 N–H and O–H groups in total. The smallest absolute Gasteiger partial charge is 0.276 e. The monoisotopic (exact) mass is 312 g/mol. The fourth-order valence-electron chi connectivity index (χ4n) is 2.09. The minimum atomic E-state index is -0.195. The lowest BCUT2D eigenvalue weighted by atomic mass is 10.2. The number of aromatic nitrogens is 2. The zero-order valence-corrected chi connectivity index (χ0v) is 11.3. The van der Waals surface area contributed by atoms with Gasteiger partial charge < -0.3 is 10.2 Å². The zero-order chi connectivity index (χ0) is 12.7. The molecule has 6 nitrogen and oxygen atoms in total. The molecule has 1 aromatic rings. The lowest BCUT2D eigenvalue weighted by Crippen LogP contribution is -2.50. The summed E-state index contributed by atoms with van der Waals surface area (Å²) in [7, 11) is 0. The molecular formula is C11H13BrN4O2. The van der Waals surface area contributed by atoms with E-state index in [9.17, 15) is 9.59 Å². The normalized spacial score (nSPS) is 19.8. The van der Waals surface area contributed by atoms with Crippen LogP contribution in [0.25, 0.3) is 0 Å². The summed E-state index contributed by atoms with van der Waals surface area (Å²) in [6.45, 7) is 1.14. The Morgan fingerprint density at radius 3 is 2.89 bits per heavy atom. The Kier molecular flexibility index (Phi) is 2.85. The highest BCUT2D eigenvalue weighted by atomic mass is 79.9. The van der Waals surface area contributed by atoms with Crippen LogP contribution in [0.15, 0.2) is 4.47 Å². The highest BCUT2D eigenvalue weighted by Crippen LogP contribution is 2.43. The van der Waals surface area contributed by atoms with Crippen molar-refractivity contribution in [3.05, 3.63) is 15.9 Å². The van der Waals surface area contributed by atoms with Crippen molar-refractivity contribution in [1.82, 2.24) is 20.4 Å². The third kappa shape index (κ3) is 2.03. The van der Waals surface area contributed by atoms with Crippen LogP contribution in [0.5, 0.6) is 0 Å². The number of nitrogens with zero attached hydrogens (tertiary/aromatic N) is 2. The summed E-state index contributed by atoms with van der Waals surface area (Å²) in [6.07, 6.45) is 2.28. The minimum absolute atomic E-state index is 0.108. The van der Waals surface area contributed by atoms with Crippen LogP contribution in [0.2, 0.25) is 0 Å². The SMILES string of the molecule is O=C1CN(C(=O)c2n[nH]c(C3CC3)c2Br)CCN1. The number of carbonyl (C=O) groups is 2. The average molecular weight is 313 g/mol. The number of hydrogen-bond acceptors (Lipinski definition) is 3. The first-order valence-corrected chi connectivity index (χ1v) is 6.76. The number of carbonyl (C=O) groups excluding carboxylic acids is 2. The molecule has 0 radical (unpaired) electrons. The van der Waals surface area contributed by atoms with Crippen LogP contribution in [0, 0.1) is 0 Å². The topological polar surface area (TPSA) is 78.1 Å². The lowest BCUT2D eigenvalue weighted by molar-refractivity contribution is -0.123. The van der Waals surface area contributed by atoms with Crippen molar-refractivity contribution in [2.75, 3.05) is 19.6 Å². The fourth-order valence-corrected chi connectivity index (χ4v) is 2.76. The molecule has 0 atom stereocenters. The molecule has 2 aliphatic rings. The standard InChI is InChI=1S/C11H13BrN4O2/c12-8-9(6-1-2-6)14-15-10(8)11(18)16-4-3-13-7(17)5-16/h6H,1-5H2,(H,13,17)(H,14,15). The van der Waals surface area contributed by atoms with Crippen molar-refractivity contribution in [1.29, 1.82) is 0 Å². The highest BCUT2D eigenvalue weighted by Gasteiger charge is 2.32. The third-order valence-electron chi connectivity index (χ3n) is 3.25. The maximum Gasteiger partial charge on any atom is 0.276 e. The second-order valence-corrected chi connectivity index (χ2v) is 5.44. The van der Waals surface area contributed by atoms with Crippen molar-refractivity contribution in [2.45, 2.75) is 18.8 Å². The number of aromatic amines is 1. The van der Waals surface area contributed by atoms with E-state index in [1.54, 1.807) is 0 Å². The molecule has 1 saturated heterocycles. The average Bonchev–Trinajstić information content (AvgIpc) is 3.12. The molecule has 2 fully saturated rings. The van der Waals surface area contributed by atoms with Crippen molar-refractivity contribution in [3.8, 4) is 0 Å². The van der Waals surface area contributed by atoms with E-state index in [2.05, 4.69) is 31.4 Å². The Hall–Kier alpha value is -1.37. The maximum atomic E-state index is 12.3. The largest absolute Gasteiger partial charge is 0.353 e. The molecule has 1 aliphatic heterocycles. The van der Waals surface area contributed by atoms with Gasteiger partial charge in [0.15, 0.2) is 5.69 Å². The van der Waals surface area contributed by atoms with Gasteiger partial charge in [-0.15, -0.1) is 0 Å². The van der Waals surface area contributed by atoms with Crippen LogP contribution < -0.4 is 5.32 Å². The molecule has 2 heterocycles. The summed E-state index contributed by atoms with van der Waals surface area (Å²) < 4.78 is 0.751. The predicted octanol–water partition coefficient (Wildman–Crippen LogP) is 0.622. The molecule has 18 heavy (non-hydrogen) atoms. The second kappa shape index (κ2) is 4.38. The Morgan fingerprint density at radius 1 is 1.44 bits per heavy atom. The summed E-state index contributed by atoms with van der Waals surface area (Å²) in [5.41, 5.74) is 1.38. The first-order chi connectivity index (χ1) is 8.66. The summed E-state index contributed by atoms with van der Waals surface area (Å²) in [5.74, 6) is 0.182. The second-order valence-electron chi connectivity index (χ2n) is 4.65. The molecule has 0 aromatic carbocycles. The number of halogens is 1. The van der Waals surface area contributed by atoms with Gasteiger partial charge in [0.1, 0.15) is 0 Å². The van der Waals surface area contributed by atoms with Gasteiger partial charge in [-0.2, -0.15) is 5.10 Å². The summed E-state index contributed by atoms with van der Waals surface area (Å²) >= 11 is 3.43. The van der Waals surface area contributed by atoms with Gasteiger partial charge in [-0.25, -0.2) is 0 Å². The number of hydrogen-bond donors (Lipinski definition) is 2. The molecule has 1 aliphatic carbocycles. The number of amides is 2. The Morgan fingerprint density at radius 2 is 2.22 bits per heavy atom. The van der Waals surface area contributed by atoms with Crippen LogP contribution in [0.4, 0.5) is 0 Å². The molecule has 0 unspecified atom stereocenters. The van der Waals surface area contributed by atoms with Crippen molar-refractivity contribution in [2.24, 2.45) is 0 Å². The summed E-state index contributed by atoms with van der Waals surface area (Å²) in [4.78, 5) is 25.1. The van der Waals surface area contributed by atoms with Crippen LogP contribution in [-0.2, 0) is 4.79 Å². The first kappa shape index (κ1) is 11.7. The molecule has 3 rings (SSSR count). The van der Waals surface area contributed by atoms with Gasteiger partial charge >= 0.3 is 0 Å². The van der Waals surface area contributed by atoms with Crippen molar-refractivity contribution >= 4 is 27.7 Å². The van der Waals surface area contributed by atoms with Gasteiger partial charge in [0.25, 0.3) is 5.91 Å². The quantitative estimate of drug-likeness (QED) is 0.840. The van der Waals surface area contributed by atoms with Crippen LogP contribution in [-0.4, -0.2) is 46.5 Å². The third-order valence-corrected chi connectivity index (χ3v) is 4.05. The zero-order valence-electron chi connectivity index (χ0n) is 9.70. The van der Waals surface area contributed by atoms with E-state index in [-0.39, 0.29) is 18.4 Å². The molecule has 96 valence electrons. The van der Waals surface area contributed by atoms with Gasteiger partial charge in [0, 0.05) is 19.0 Å². The van der Waals surface area contributed by atoms with Gasteiger partial charge in [0.05, 0.1) is 16.7 Å². The molecule has 1 saturated carbocycles. The van der Waals surface area contributed by atoms with Gasteiger partial charge in [0.2, 0.25) is 5.91 Å². The van der Waals surface area contributed by atoms with E-state index in [0.717, 1.165) is 23.0 Å². The fraction of sp³-hybridized carbons (Fsp3) is 0.545. The molecule has 0 spiro atoms. The molecule has 0 bridgehead atoms. The van der Waals surface area contributed by atoms with Gasteiger partial charge in [-0.3, -0.25) is 14.7 Å². The predicted molar refractivity (Wildman–Crippen MR) is 67.2 cm³/mol. The molecule has 7 heteroatoms. The van der Waals surface area contributed by atoms with E-state index in [1.165, 1.54) is 4.90 Å². The number of piperazine rings is 1. The van der Waals surface area contributed by atoms with Crippen LogP contribution in [0.1, 0.15) is 34.9 Å². The van der Waals surface area contributed by atoms with Crippen molar-refractivity contribution in [3.63, 3.8) is 0 Å². The summed E-state index contributed by atoms with van der Waals surface area (Å²) in [5, 5.41) is 9.70. The highest BCUT2D eigenvalue weighted by molar-refractivity contribution is 9.10. The van der Waals surface area contributed by atoms with E-state index < -0.39 is 0 Å². The van der Waals surface area contributed by atoms with Gasteiger partial charge in [-0.1, -0.05) is 0 Å². The van der Waals surface area contributed by atoms with Crippen LogP contribution >= 0.6 is 15.9 Å². The molecular weight excluding hydrogens is 300 g/mol. The Balaban J connectivity index is 1.81.